The lowest BCUT2D eigenvalue weighted by Crippen LogP contribution is -2.16. The third-order valence-corrected chi connectivity index (χ3v) is 2.49. The van der Waals surface area contributed by atoms with Gasteiger partial charge >= 0.3 is 0 Å². The first-order valence-corrected chi connectivity index (χ1v) is 4.45. The van der Waals surface area contributed by atoms with Gasteiger partial charge in [0.15, 0.2) is 0 Å². The van der Waals surface area contributed by atoms with Crippen molar-refractivity contribution in [3.63, 3.8) is 0 Å². The number of aliphatic hydroxyl groups excluding tert-OH is 1. The van der Waals surface area contributed by atoms with E-state index in [9.17, 15) is 5.11 Å². The minimum atomic E-state index is -0.366. The Kier molecular flexibility index (Phi) is 4.99. The standard InChI is InChI=1S/C8H13IO/c1-4-6(2)8(10)7(3)5-9/h4-6,8,10H,1H2,2-3H3/t6?,8-/m0/s1. The van der Waals surface area contributed by atoms with Gasteiger partial charge in [-0.05, 0) is 16.6 Å². The number of rotatable bonds is 3. The van der Waals surface area contributed by atoms with Crippen LogP contribution in [0.3, 0.4) is 0 Å². The second-order valence-electron chi connectivity index (χ2n) is 2.39. The first-order valence-electron chi connectivity index (χ1n) is 3.21. The zero-order valence-electron chi connectivity index (χ0n) is 6.34. The van der Waals surface area contributed by atoms with E-state index in [0.29, 0.717) is 0 Å². The van der Waals surface area contributed by atoms with E-state index >= 15 is 0 Å². The molecule has 2 atom stereocenters. The summed E-state index contributed by atoms with van der Waals surface area (Å²) in [6, 6.07) is 0. The zero-order chi connectivity index (χ0) is 8.15. The highest BCUT2D eigenvalue weighted by atomic mass is 127. The summed E-state index contributed by atoms with van der Waals surface area (Å²) in [7, 11) is 0. The van der Waals surface area contributed by atoms with Crippen LogP contribution in [-0.2, 0) is 0 Å². The maximum absolute atomic E-state index is 9.44. The molecule has 0 aromatic carbocycles. The Morgan fingerprint density at radius 1 is 1.70 bits per heavy atom. The molecule has 0 fully saturated rings. The summed E-state index contributed by atoms with van der Waals surface area (Å²) in [6.07, 6.45) is 1.39. The van der Waals surface area contributed by atoms with Gasteiger partial charge in [0.05, 0.1) is 6.10 Å². The van der Waals surface area contributed by atoms with Crippen molar-refractivity contribution in [1.29, 1.82) is 0 Å². The maximum Gasteiger partial charge on any atom is 0.0814 e. The molecule has 0 heterocycles. The van der Waals surface area contributed by atoms with E-state index in [1.807, 2.05) is 17.9 Å². The second kappa shape index (κ2) is 4.91. The van der Waals surface area contributed by atoms with Crippen molar-refractivity contribution in [1.82, 2.24) is 0 Å². The fourth-order valence-electron chi connectivity index (χ4n) is 0.608. The fourth-order valence-corrected chi connectivity index (χ4v) is 0.977. The highest BCUT2D eigenvalue weighted by Gasteiger charge is 2.11. The molecule has 0 aromatic rings. The Hall–Kier alpha value is 0.170. The smallest absolute Gasteiger partial charge is 0.0814 e. The molecule has 1 N–H and O–H groups in total. The third-order valence-electron chi connectivity index (χ3n) is 1.51. The quantitative estimate of drug-likeness (QED) is 0.604. The van der Waals surface area contributed by atoms with Crippen LogP contribution in [0, 0.1) is 5.92 Å². The van der Waals surface area contributed by atoms with E-state index in [0.717, 1.165) is 5.57 Å². The molecule has 0 saturated carbocycles. The van der Waals surface area contributed by atoms with Crippen LogP contribution < -0.4 is 0 Å². The number of aliphatic hydroxyl groups is 1. The molecule has 0 aromatic heterocycles. The summed E-state index contributed by atoms with van der Waals surface area (Å²) < 4.78 is 1.89. The summed E-state index contributed by atoms with van der Waals surface area (Å²) in [5.41, 5.74) is 0.994. The first-order chi connectivity index (χ1) is 4.63. The van der Waals surface area contributed by atoms with Crippen molar-refractivity contribution >= 4 is 22.6 Å². The number of hydrogen-bond donors (Lipinski definition) is 1. The van der Waals surface area contributed by atoms with Crippen molar-refractivity contribution in [2.24, 2.45) is 5.92 Å². The molecule has 0 radical (unpaired) electrons. The maximum atomic E-state index is 9.44. The lowest BCUT2D eigenvalue weighted by Gasteiger charge is -2.14. The van der Waals surface area contributed by atoms with Gasteiger partial charge in [0.1, 0.15) is 0 Å². The summed E-state index contributed by atoms with van der Waals surface area (Å²) in [6.45, 7) is 7.47. The summed E-state index contributed by atoms with van der Waals surface area (Å²) >= 11 is 2.12. The fraction of sp³-hybridized carbons (Fsp3) is 0.500. The van der Waals surface area contributed by atoms with E-state index in [4.69, 9.17) is 0 Å². The van der Waals surface area contributed by atoms with E-state index in [-0.39, 0.29) is 12.0 Å². The predicted molar refractivity (Wildman–Crippen MR) is 53.1 cm³/mol. The molecular formula is C8H13IO. The molecule has 1 unspecified atom stereocenters. The van der Waals surface area contributed by atoms with Gasteiger partial charge in [0.2, 0.25) is 0 Å². The highest BCUT2D eigenvalue weighted by Crippen LogP contribution is 2.13. The molecule has 0 saturated heterocycles. The van der Waals surface area contributed by atoms with Crippen molar-refractivity contribution in [2.45, 2.75) is 20.0 Å². The zero-order valence-corrected chi connectivity index (χ0v) is 8.50. The SMILES string of the molecule is C=CC(C)[C@H](O)C(C)=CI. The van der Waals surface area contributed by atoms with Crippen LogP contribution >= 0.6 is 22.6 Å². The van der Waals surface area contributed by atoms with E-state index < -0.39 is 0 Å². The highest BCUT2D eigenvalue weighted by molar-refractivity contribution is 14.1. The molecule has 0 spiro atoms. The van der Waals surface area contributed by atoms with Gasteiger partial charge < -0.3 is 5.11 Å². The second-order valence-corrected chi connectivity index (χ2v) is 3.02. The molecule has 0 rings (SSSR count). The van der Waals surface area contributed by atoms with Gasteiger partial charge in [-0.15, -0.1) is 6.58 Å². The van der Waals surface area contributed by atoms with Gasteiger partial charge in [0, 0.05) is 5.92 Å². The predicted octanol–water partition coefficient (Wildman–Crippen LogP) is 2.51. The summed E-state index contributed by atoms with van der Waals surface area (Å²) in [4.78, 5) is 0. The topological polar surface area (TPSA) is 20.2 Å². The van der Waals surface area contributed by atoms with Crippen molar-refractivity contribution in [3.8, 4) is 0 Å². The van der Waals surface area contributed by atoms with Crippen LogP contribution in [0.25, 0.3) is 0 Å². The minimum absolute atomic E-state index is 0.144. The molecule has 0 amide bonds. The Balaban J connectivity index is 4.06. The largest absolute Gasteiger partial charge is 0.388 e. The Bertz CT molecular complexity index is 140. The van der Waals surface area contributed by atoms with Crippen LogP contribution in [-0.4, -0.2) is 11.2 Å². The lowest BCUT2D eigenvalue weighted by atomic mass is 10.0. The minimum Gasteiger partial charge on any atom is -0.388 e. The number of halogens is 1. The van der Waals surface area contributed by atoms with Crippen molar-refractivity contribution < 1.29 is 5.11 Å². The summed E-state index contributed by atoms with van der Waals surface area (Å²) in [5, 5.41) is 9.44. The molecule has 0 aliphatic rings. The van der Waals surface area contributed by atoms with Gasteiger partial charge in [-0.2, -0.15) is 0 Å². The van der Waals surface area contributed by atoms with Gasteiger partial charge in [-0.1, -0.05) is 35.6 Å². The van der Waals surface area contributed by atoms with Crippen LogP contribution in [0.2, 0.25) is 0 Å². The van der Waals surface area contributed by atoms with Crippen LogP contribution in [0.4, 0.5) is 0 Å². The Morgan fingerprint density at radius 2 is 2.20 bits per heavy atom. The molecule has 58 valence electrons. The molecule has 1 nitrogen and oxygen atoms in total. The Labute approximate surface area is 76.0 Å². The molecule has 0 aliphatic heterocycles. The normalized spacial score (nSPS) is 18.2. The van der Waals surface area contributed by atoms with E-state index in [2.05, 4.69) is 29.2 Å². The number of hydrogen-bond acceptors (Lipinski definition) is 1. The summed E-state index contributed by atoms with van der Waals surface area (Å²) in [5.74, 6) is 0.144. The van der Waals surface area contributed by atoms with Crippen LogP contribution in [0.1, 0.15) is 13.8 Å². The van der Waals surface area contributed by atoms with Crippen LogP contribution in [0.15, 0.2) is 22.3 Å². The molecule has 10 heavy (non-hydrogen) atoms. The molecule has 0 bridgehead atoms. The third kappa shape index (κ3) is 2.84. The average Bonchev–Trinajstić information content (AvgIpc) is 2.00. The Morgan fingerprint density at radius 3 is 2.50 bits per heavy atom. The lowest BCUT2D eigenvalue weighted by molar-refractivity contribution is 0.174. The van der Waals surface area contributed by atoms with E-state index in [1.54, 1.807) is 6.08 Å². The molecular weight excluding hydrogens is 239 g/mol. The van der Waals surface area contributed by atoms with Crippen LogP contribution in [0.5, 0.6) is 0 Å². The van der Waals surface area contributed by atoms with Crippen molar-refractivity contribution in [3.05, 3.63) is 22.3 Å². The average molecular weight is 252 g/mol. The van der Waals surface area contributed by atoms with Gasteiger partial charge in [-0.25, -0.2) is 0 Å². The van der Waals surface area contributed by atoms with Gasteiger partial charge in [0.25, 0.3) is 0 Å². The van der Waals surface area contributed by atoms with E-state index in [1.165, 1.54) is 0 Å². The molecule has 0 aliphatic carbocycles. The monoisotopic (exact) mass is 252 g/mol. The van der Waals surface area contributed by atoms with Crippen molar-refractivity contribution in [2.75, 3.05) is 0 Å². The first kappa shape index (κ1) is 10.2. The van der Waals surface area contributed by atoms with Gasteiger partial charge in [-0.3, -0.25) is 0 Å². The molecule has 2 heteroatoms.